The molecular weight excluding hydrogens is 434 g/mol. The highest BCUT2D eigenvalue weighted by Gasteiger charge is 2.11. The predicted octanol–water partition coefficient (Wildman–Crippen LogP) is 4.56. The number of carbonyl (C=O) groups is 1. The van der Waals surface area contributed by atoms with Crippen LogP contribution in [0.5, 0.6) is 5.75 Å². The summed E-state index contributed by atoms with van der Waals surface area (Å²) < 4.78 is 20.0. The summed E-state index contributed by atoms with van der Waals surface area (Å²) in [6.07, 6.45) is 3.08. The standard InChI is InChI=1S/C19H19ClFN4O2PS/c20-16-4-2-1-3-12(16)7-18(26)24-14-6-5-13(17(8-14)29-22)11-27-15-9-23-25(10-15)19(21)28/h1-6,8-10,19H,7,11,22,28H2,(H,24,26). The first kappa shape index (κ1) is 21.6. The van der Waals surface area contributed by atoms with E-state index in [1.165, 1.54) is 12.4 Å². The molecule has 3 rings (SSSR count). The van der Waals surface area contributed by atoms with Gasteiger partial charge in [0.15, 0.2) is 5.75 Å². The minimum Gasteiger partial charge on any atom is -0.486 e. The van der Waals surface area contributed by atoms with Crippen LogP contribution in [0.15, 0.2) is 59.8 Å². The zero-order valence-electron chi connectivity index (χ0n) is 15.2. The Morgan fingerprint density at radius 1 is 1.34 bits per heavy atom. The Morgan fingerprint density at radius 2 is 2.14 bits per heavy atom. The fraction of sp³-hybridized carbons (Fsp3) is 0.158. The topological polar surface area (TPSA) is 82.2 Å². The largest absolute Gasteiger partial charge is 0.486 e. The number of nitrogens with one attached hydrogen (secondary N) is 1. The number of hydrogen-bond acceptors (Lipinski definition) is 5. The van der Waals surface area contributed by atoms with E-state index in [0.717, 1.165) is 32.7 Å². The van der Waals surface area contributed by atoms with Crippen LogP contribution in [0.3, 0.4) is 0 Å². The van der Waals surface area contributed by atoms with Gasteiger partial charge in [-0.1, -0.05) is 45.1 Å². The number of alkyl halides is 1. The normalized spacial score (nSPS) is 11.9. The number of nitrogens with zero attached hydrogens (tertiary/aromatic N) is 2. The van der Waals surface area contributed by atoms with E-state index >= 15 is 0 Å². The van der Waals surface area contributed by atoms with Crippen LogP contribution < -0.4 is 15.2 Å². The van der Waals surface area contributed by atoms with Crippen molar-refractivity contribution < 1.29 is 13.9 Å². The van der Waals surface area contributed by atoms with Gasteiger partial charge in [0.2, 0.25) is 11.9 Å². The van der Waals surface area contributed by atoms with Crippen molar-refractivity contribution in [2.75, 3.05) is 5.32 Å². The number of amides is 1. The van der Waals surface area contributed by atoms with Crippen molar-refractivity contribution >= 4 is 44.4 Å². The molecule has 0 fully saturated rings. The molecule has 2 aromatic carbocycles. The maximum atomic E-state index is 13.2. The first-order valence-corrected chi connectivity index (χ1v) is 10.5. The molecule has 6 nitrogen and oxygen atoms in total. The smallest absolute Gasteiger partial charge is 0.228 e. The van der Waals surface area contributed by atoms with Crippen LogP contribution in [0.4, 0.5) is 10.1 Å². The fourth-order valence-corrected chi connectivity index (χ4v) is 3.41. The minimum absolute atomic E-state index is 0.172. The number of halogens is 2. The molecule has 3 aromatic rings. The zero-order valence-corrected chi connectivity index (χ0v) is 17.9. The number of ether oxygens (including phenoxy) is 1. The molecule has 0 aliphatic heterocycles. The van der Waals surface area contributed by atoms with Crippen LogP contribution >= 0.6 is 32.8 Å². The lowest BCUT2D eigenvalue weighted by atomic mass is 10.1. The number of rotatable bonds is 8. The molecule has 1 aromatic heterocycles. The monoisotopic (exact) mass is 452 g/mol. The van der Waals surface area contributed by atoms with Crippen molar-refractivity contribution in [2.45, 2.75) is 24.0 Å². The summed E-state index contributed by atoms with van der Waals surface area (Å²) in [4.78, 5) is 13.1. The number of carbonyl (C=O) groups excluding carboxylic acids is 1. The summed E-state index contributed by atoms with van der Waals surface area (Å²) in [5, 5.41) is 13.0. The Kier molecular flexibility index (Phi) is 7.50. The second-order valence-corrected chi connectivity index (χ2v) is 7.71. The third kappa shape index (κ3) is 5.93. The second kappa shape index (κ2) is 10.1. The van der Waals surface area contributed by atoms with E-state index in [4.69, 9.17) is 21.5 Å². The number of benzene rings is 2. The Hall–Kier alpha value is -2.12. The summed E-state index contributed by atoms with van der Waals surface area (Å²) >= 11 is 7.15. The minimum atomic E-state index is -1.31. The molecule has 1 heterocycles. The zero-order chi connectivity index (χ0) is 20.8. The van der Waals surface area contributed by atoms with Crippen LogP contribution in [0, 0.1) is 0 Å². The van der Waals surface area contributed by atoms with Crippen molar-refractivity contribution in [1.29, 1.82) is 0 Å². The maximum absolute atomic E-state index is 13.2. The molecule has 152 valence electrons. The van der Waals surface area contributed by atoms with Gasteiger partial charge in [0.05, 0.1) is 18.8 Å². The Bertz CT molecular complexity index is 1000. The Morgan fingerprint density at radius 3 is 2.83 bits per heavy atom. The fourth-order valence-electron chi connectivity index (χ4n) is 2.57. The summed E-state index contributed by atoms with van der Waals surface area (Å²) in [5.41, 5.74) is 2.21. The maximum Gasteiger partial charge on any atom is 0.228 e. The molecule has 2 atom stereocenters. The lowest BCUT2D eigenvalue weighted by Gasteiger charge is -2.12. The molecule has 0 saturated heterocycles. The van der Waals surface area contributed by atoms with Crippen LogP contribution in [0.2, 0.25) is 5.02 Å². The highest BCUT2D eigenvalue weighted by atomic mass is 35.5. The Balaban J connectivity index is 1.63. The first-order chi connectivity index (χ1) is 14.0. The van der Waals surface area contributed by atoms with Gasteiger partial charge >= 0.3 is 0 Å². The lowest BCUT2D eigenvalue weighted by molar-refractivity contribution is -0.115. The van der Waals surface area contributed by atoms with E-state index in [-0.39, 0.29) is 18.9 Å². The van der Waals surface area contributed by atoms with Gasteiger partial charge in [-0.2, -0.15) is 5.10 Å². The van der Waals surface area contributed by atoms with E-state index in [9.17, 15) is 9.18 Å². The molecular formula is C19H19ClFN4O2PS. The van der Waals surface area contributed by atoms with Gasteiger partial charge in [0.1, 0.15) is 6.61 Å². The number of aromatic nitrogens is 2. The molecule has 0 radical (unpaired) electrons. The van der Waals surface area contributed by atoms with E-state index in [1.54, 1.807) is 18.2 Å². The molecule has 0 aliphatic rings. The molecule has 10 heteroatoms. The van der Waals surface area contributed by atoms with Gasteiger partial charge in [0, 0.05) is 21.2 Å². The summed E-state index contributed by atoms with van der Waals surface area (Å²) in [5.74, 6) is 0.265. The number of hydrogen-bond donors (Lipinski definition) is 2. The van der Waals surface area contributed by atoms with Crippen molar-refractivity contribution in [2.24, 2.45) is 5.14 Å². The molecule has 29 heavy (non-hydrogen) atoms. The summed E-state index contributed by atoms with van der Waals surface area (Å²) in [6.45, 7) is 0.229. The molecule has 3 N–H and O–H groups in total. The van der Waals surface area contributed by atoms with Gasteiger partial charge in [-0.25, -0.2) is 9.07 Å². The van der Waals surface area contributed by atoms with Gasteiger partial charge in [0.25, 0.3) is 0 Å². The molecule has 1 amide bonds. The van der Waals surface area contributed by atoms with Gasteiger partial charge in [-0.05, 0) is 35.7 Å². The molecule has 0 bridgehead atoms. The van der Waals surface area contributed by atoms with Crippen LogP contribution in [-0.4, -0.2) is 15.7 Å². The van der Waals surface area contributed by atoms with Crippen molar-refractivity contribution in [3.05, 3.63) is 71.0 Å². The van der Waals surface area contributed by atoms with E-state index in [2.05, 4.69) is 10.4 Å². The quantitative estimate of drug-likeness (QED) is 0.386. The average Bonchev–Trinajstić information content (AvgIpc) is 3.18. The summed E-state index contributed by atoms with van der Waals surface area (Å²) in [6, 6.07) is 11.3. The highest BCUT2D eigenvalue weighted by molar-refractivity contribution is 7.97. The van der Waals surface area contributed by atoms with Gasteiger partial charge in [-0.3, -0.25) is 9.93 Å². The SMILES string of the molecule is NSc1cc(NC(=O)Cc2ccccc2Cl)ccc1COc1cnn(C(F)P)c1. The van der Waals surface area contributed by atoms with Crippen molar-refractivity contribution in [1.82, 2.24) is 9.78 Å². The molecule has 0 spiro atoms. The number of nitrogens with two attached hydrogens (primary N) is 1. The lowest BCUT2D eigenvalue weighted by Crippen LogP contribution is -2.15. The van der Waals surface area contributed by atoms with E-state index in [0.29, 0.717) is 16.5 Å². The summed E-state index contributed by atoms with van der Waals surface area (Å²) in [7, 11) is 2.01. The average molecular weight is 453 g/mol. The third-order valence-corrected chi connectivity index (χ3v) is 5.32. The van der Waals surface area contributed by atoms with E-state index < -0.39 is 6.04 Å². The predicted molar refractivity (Wildman–Crippen MR) is 117 cm³/mol. The molecule has 0 aliphatic carbocycles. The van der Waals surface area contributed by atoms with Crippen LogP contribution in [-0.2, 0) is 17.8 Å². The second-order valence-electron chi connectivity index (χ2n) is 6.07. The molecule has 2 unspecified atom stereocenters. The number of anilines is 1. The Labute approximate surface area is 179 Å². The third-order valence-electron chi connectivity index (χ3n) is 4.01. The van der Waals surface area contributed by atoms with Gasteiger partial charge in [-0.15, -0.1) is 0 Å². The highest BCUT2D eigenvalue weighted by Crippen LogP contribution is 2.26. The van der Waals surface area contributed by atoms with Crippen molar-refractivity contribution in [3.8, 4) is 5.75 Å². The first-order valence-electron chi connectivity index (χ1n) is 8.56. The van der Waals surface area contributed by atoms with Crippen molar-refractivity contribution in [3.63, 3.8) is 0 Å². The van der Waals surface area contributed by atoms with E-state index in [1.807, 2.05) is 33.5 Å². The van der Waals surface area contributed by atoms with Gasteiger partial charge < -0.3 is 10.1 Å². The van der Waals surface area contributed by atoms with Crippen LogP contribution in [0.25, 0.3) is 0 Å². The van der Waals surface area contributed by atoms with Crippen LogP contribution in [0.1, 0.15) is 17.2 Å². The molecule has 0 saturated carbocycles.